The summed E-state index contributed by atoms with van der Waals surface area (Å²) in [6.07, 6.45) is 0. The molecular formula is C23H14Cl2N4OS. The second-order valence-electron chi connectivity index (χ2n) is 6.93. The maximum atomic E-state index is 9.89. The molecule has 0 radical (unpaired) electrons. The van der Waals surface area contributed by atoms with Crippen LogP contribution in [0.25, 0.3) is 21.7 Å². The van der Waals surface area contributed by atoms with Crippen LogP contribution in [0, 0.1) is 11.3 Å². The van der Waals surface area contributed by atoms with Crippen LogP contribution < -0.4 is 10.5 Å². The highest BCUT2D eigenvalue weighted by Crippen LogP contribution is 2.48. The number of H-pyrrole nitrogens is 1. The van der Waals surface area contributed by atoms with Gasteiger partial charge >= 0.3 is 0 Å². The molecule has 5 rings (SSSR count). The Bertz CT molecular complexity index is 1370. The summed E-state index contributed by atoms with van der Waals surface area (Å²) in [4.78, 5) is 1.90. The molecule has 0 saturated carbocycles. The molecule has 8 heteroatoms. The van der Waals surface area contributed by atoms with Crippen molar-refractivity contribution >= 4 is 34.5 Å². The number of aromatic amines is 1. The van der Waals surface area contributed by atoms with E-state index in [1.807, 2.05) is 48.5 Å². The Labute approximate surface area is 192 Å². The van der Waals surface area contributed by atoms with Crippen molar-refractivity contribution in [3.63, 3.8) is 0 Å². The molecule has 3 N–H and O–H groups in total. The van der Waals surface area contributed by atoms with Gasteiger partial charge in [0.15, 0.2) is 0 Å². The maximum absolute atomic E-state index is 9.89. The smallest absolute Gasteiger partial charge is 0.244 e. The second-order valence-corrected chi connectivity index (χ2v) is 8.89. The molecule has 5 nitrogen and oxygen atoms in total. The fourth-order valence-electron chi connectivity index (χ4n) is 3.70. The molecule has 0 spiro atoms. The summed E-state index contributed by atoms with van der Waals surface area (Å²) in [7, 11) is 0. The Morgan fingerprint density at radius 2 is 1.90 bits per heavy atom. The van der Waals surface area contributed by atoms with Gasteiger partial charge in [0.2, 0.25) is 11.8 Å². The summed E-state index contributed by atoms with van der Waals surface area (Å²) < 4.78 is 5.67. The highest BCUT2D eigenvalue weighted by atomic mass is 35.5. The van der Waals surface area contributed by atoms with E-state index in [2.05, 4.69) is 16.3 Å². The number of nitriles is 1. The average molecular weight is 465 g/mol. The molecule has 0 fully saturated rings. The van der Waals surface area contributed by atoms with E-state index in [4.69, 9.17) is 33.7 Å². The van der Waals surface area contributed by atoms with E-state index in [1.54, 1.807) is 12.1 Å². The van der Waals surface area contributed by atoms with Gasteiger partial charge in [-0.15, -0.1) is 16.4 Å². The first-order chi connectivity index (χ1) is 15.1. The van der Waals surface area contributed by atoms with Crippen molar-refractivity contribution in [1.29, 1.82) is 5.26 Å². The Morgan fingerprint density at radius 1 is 1.10 bits per heavy atom. The number of allylic oxidation sites excluding steroid dienone is 1. The number of thiophene rings is 1. The summed E-state index contributed by atoms with van der Waals surface area (Å²) in [6, 6.07) is 21.4. The third-order valence-corrected chi connectivity index (χ3v) is 6.84. The first kappa shape index (κ1) is 19.7. The Balaban J connectivity index is 1.67. The zero-order valence-electron chi connectivity index (χ0n) is 15.9. The lowest BCUT2D eigenvalue weighted by molar-refractivity contribution is 0.379. The van der Waals surface area contributed by atoms with E-state index < -0.39 is 5.92 Å². The van der Waals surface area contributed by atoms with Crippen molar-refractivity contribution in [2.75, 3.05) is 0 Å². The molecule has 0 aliphatic carbocycles. The van der Waals surface area contributed by atoms with E-state index >= 15 is 0 Å². The minimum Gasteiger partial charge on any atom is -0.420 e. The maximum Gasteiger partial charge on any atom is 0.244 e. The van der Waals surface area contributed by atoms with Crippen LogP contribution in [0.5, 0.6) is 5.88 Å². The number of rotatable bonds is 3. The van der Waals surface area contributed by atoms with Crippen molar-refractivity contribution in [3.05, 3.63) is 92.6 Å². The van der Waals surface area contributed by atoms with Crippen molar-refractivity contribution < 1.29 is 4.74 Å². The van der Waals surface area contributed by atoms with Crippen LogP contribution >= 0.6 is 34.5 Å². The molecule has 2 aromatic heterocycles. The second kappa shape index (κ2) is 7.78. The highest BCUT2D eigenvalue weighted by molar-refractivity contribution is 7.15. The number of ether oxygens (including phenoxy) is 1. The van der Waals surface area contributed by atoms with Crippen LogP contribution in [0.4, 0.5) is 0 Å². The van der Waals surface area contributed by atoms with E-state index in [0.717, 1.165) is 32.1 Å². The number of hydrogen-bond acceptors (Lipinski definition) is 5. The van der Waals surface area contributed by atoms with Crippen LogP contribution in [0.1, 0.15) is 16.4 Å². The molecule has 1 aliphatic rings. The van der Waals surface area contributed by atoms with Crippen molar-refractivity contribution in [2.24, 2.45) is 5.73 Å². The molecule has 0 amide bonds. The largest absolute Gasteiger partial charge is 0.420 e. The molecule has 152 valence electrons. The molecule has 4 aromatic rings. The number of aromatic nitrogens is 2. The predicted octanol–water partition coefficient (Wildman–Crippen LogP) is 6.33. The van der Waals surface area contributed by atoms with Gasteiger partial charge < -0.3 is 10.5 Å². The quantitative estimate of drug-likeness (QED) is 0.370. The standard InChI is InChI=1S/C23H14Cl2N4OS/c24-13-6-7-14(16(25)10-13)17-8-9-18(31-17)19-15(11-26)22(27)30-23-20(19)21(28-29-23)12-4-2-1-3-5-12/h1-10,19H,27H2,(H,28,29)/t19-/m0/s1. The van der Waals surface area contributed by atoms with Crippen LogP contribution in [-0.2, 0) is 0 Å². The fourth-order valence-corrected chi connectivity index (χ4v) is 5.43. The van der Waals surface area contributed by atoms with Gasteiger partial charge in [-0.25, -0.2) is 0 Å². The summed E-state index contributed by atoms with van der Waals surface area (Å²) >= 11 is 14.0. The summed E-state index contributed by atoms with van der Waals surface area (Å²) in [5, 5.41) is 18.4. The van der Waals surface area contributed by atoms with E-state index in [-0.39, 0.29) is 5.88 Å². The normalized spacial score (nSPS) is 15.3. The SMILES string of the molecule is N#CC1=C(N)Oc2n[nH]c(-c3ccccc3)c2[C@@H]1c1ccc(-c2ccc(Cl)cc2Cl)s1. The number of halogens is 2. The van der Waals surface area contributed by atoms with Crippen molar-refractivity contribution in [2.45, 2.75) is 5.92 Å². The molecule has 0 saturated heterocycles. The fraction of sp³-hybridized carbons (Fsp3) is 0.0435. The zero-order chi connectivity index (χ0) is 21.5. The topological polar surface area (TPSA) is 87.7 Å². The van der Waals surface area contributed by atoms with Gasteiger partial charge in [0.1, 0.15) is 11.6 Å². The number of hydrogen-bond donors (Lipinski definition) is 2. The average Bonchev–Trinajstić information content (AvgIpc) is 3.41. The van der Waals surface area contributed by atoms with E-state index in [9.17, 15) is 5.26 Å². The van der Waals surface area contributed by atoms with Crippen LogP contribution in [0.3, 0.4) is 0 Å². The lowest BCUT2D eigenvalue weighted by atomic mass is 9.87. The molecule has 2 aromatic carbocycles. The molecule has 0 unspecified atom stereocenters. The van der Waals surface area contributed by atoms with Crippen molar-refractivity contribution in [3.8, 4) is 33.6 Å². The van der Waals surface area contributed by atoms with Crippen LogP contribution in [0.2, 0.25) is 10.0 Å². The van der Waals surface area contributed by atoms with Gasteiger partial charge in [-0.05, 0) is 29.8 Å². The van der Waals surface area contributed by atoms with Crippen LogP contribution in [0.15, 0.2) is 72.1 Å². The van der Waals surface area contributed by atoms with Gasteiger partial charge in [0.05, 0.1) is 22.2 Å². The number of benzene rings is 2. The first-order valence-corrected chi connectivity index (χ1v) is 10.9. The molecule has 3 heterocycles. The molecule has 31 heavy (non-hydrogen) atoms. The number of nitrogens with two attached hydrogens (primary N) is 1. The Hall–Kier alpha value is -3.24. The van der Waals surface area contributed by atoms with Crippen LogP contribution in [-0.4, -0.2) is 10.2 Å². The number of nitrogens with one attached hydrogen (secondary N) is 1. The lowest BCUT2D eigenvalue weighted by Crippen LogP contribution is -2.20. The Morgan fingerprint density at radius 3 is 2.65 bits per heavy atom. The molecule has 1 aliphatic heterocycles. The molecule has 1 atom stereocenters. The van der Waals surface area contributed by atoms with Gasteiger partial charge in [0.25, 0.3) is 0 Å². The third-order valence-electron chi connectivity index (χ3n) is 5.11. The molecule has 0 bridgehead atoms. The predicted molar refractivity (Wildman–Crippen MR) is 123 cm³/mol. The van der Waals surface area contributed by atoms with E-state index in [0.29, 0.717) is 21.5 Å². The van der Waals surface area contributed by atoms with Gasteiger partial charge in [-0.3, -0.25) is 5.10 Å². The lowest BCUT2D eigenvalue weighted by Gasteiger charge is -2.22. The number of nitrogens with zero attached hydrogens (tertiary/aromatic N) is 2. The van der Waals surface area contributed by atoms with Gasteiger partial charge in [-0.2, -0.15) is 5.26 Å². The minimum atomic E-state index is -0.410. The first-order valence-electron chi connectivity index (χ1n) is 9.33. The summed E-state index contributed by atoms with van der Waals surface area (Å²) in [5.41, 5.74) is 9.83. The highest BCUT2D eigenvalue weighted by Gasteiger charge is 2.36. The summed E-state index contributed by atoms with van der Waals surface area (Å²) in [5.74, 6) is 0.0259. The number of fused-ring (bicyclic) bond motifs is 1. The van der Waals surface area contributed by atoms with Gasteiger partial charge in [-0.1, -0.05) is 59.6 Å². The minimum absolute atomic E-state index is 0.0607. The third kappa shape index (κ3) is 3.37. The van der Waals surface area contributed by atoms with Crippen molar-refractivity contribution in [1.82, 2.24) is 10.2 Å². The van der Waals surface area contributed by atoms with E-state index in [1.165, 1.54) is 11.3 Å². The molecular weight excluding hydrogens is 451 g/mol. The monoisotopic (exact) mass is 464 g/mol. The summed E-state index contributed by atoms with van der Waals surface area (Å²) in [6.45, 7) is 0. The Kier molecular flexibility index (Phi) is 4.95. The van der Waals surface area contributed by atoms with Gasteiger partial charge in [0, 0.05) is 20.3 Å². The zero-order valence-corrected chi connectivity index (χ0v) is 18.2.